The zero-order valence-corrected chi connectivity index (χ0v) is 15.5. The van der Waals surface area contributed by atoms with E-state index in [0.717, 1.165) is 7.11 Å². The molecule has 0 N–H and O–H groups in total. The number of ether oxygens (including phenoxy) is 1. The Morgan fingerprint density at radius 3 is 1.38 bits per heavy atom. The fraction of sp³-hybridized carbons (Fsp3) is 0.158. The zero-order chi connectivity index (χ0) is 24.9. The Morgan fingerprint density at radius 1 is 0.688 bits per heavy atom. The highest BCUT2D eigenvalue weighted by molar-refractivity contribution is 6.00. The monoisotopic (exact) mass is 476 g/mol. The molecule has 2 aromatic rings. The van der Waals surface area contributed by atoms with Crippen molar-refractivity contribution in [1.82, 2.24) is 0 Å². The molecule has 0 fully saturated rings. The molecule has 0 aliphatic rings. The normalized spacial score (nSPS) is 12.0. The van der Waals surface area contributed by atoms with Crippen molar-refractivity contribution in [2.75, 3.05) is 7.11 Å². The van der Waals surface area contributed by atoms with Crippen molar-refractivity contribution >= 4 is 17.3 Å². The van der Waals surface area contributed by atoms with Crippen LogP contribution in [-0.4, -0.2) is 31.2 Å². The second-order valence-electron chi connectivity index (χ2n) is 5.72. The van der Waals surface area contributed by atoms with Gasteiger partial charge in [-0.2, -0.15) is 26.3 Å². The summed E-state index contributed by atoms with van der Waals surface area (Å²) >= 11 is 0. The molecule has 0 spiro atoms. The number of esters is 1. The highest BCUT2D eigenvalue weighted by atomic mass is 19.4. The van der Waals surface area contributed by atoms with Crippen LogP contribution in [0.2, 0.25) is 0 Å². The van der Waals surface area contributed by atoms with Gasteiger partial charge in [-0.15, -0.1) is 0 Å². The van der Waals surface area contributed by atoms with Gasteiger partial charge < -0.3 is 4.74 Å². The van der Waals surface area contributed by atoms with Crippen LogP contribution in [0.25, 0.3) is 5.57 Å². The molecule has 0 aliphatic heterocycles. The fourth-order valence-corrected chi connectivity index (χ4v) is 2.06. The van der Waals surface area contributed by atoms with Gasteiger partial charge in [-0.05, 0) is 29.8 Å². The van der Waals surface area contributed by atoms with Gasteiger partial charge in [-0.1, -0.05) is 0 Å². The van der Waals surface area contributed by atoms with Crippen molar-refractivity contribution in [3.05, 3.63) is 76.9 Å². The van der Waals surface area contributed by atoms with Crippen molar-refractivity contribution in [2.24, 2.45) is 0 Å². The molecule has 0 saturated heterocycles. The molecule has 0 amide bonds. The lowest BCUT2D eigenvalue weighted by Gasteiger charge is -2.11. The van der Waals surface area contributed by atoms with E-state index in [2.05, 4.69) is 4.74 Å². The van der Waals surface area contributed by atoms with E-state index in [9.17, 15) is 53.5 Å². The van der Waals surface area contributed by atoms with Crippen LogP contribution in [0, 0.1) is 23.3 Å². The van der Waals surface area contributed by atoms with Crippen molar-refractivity contribution in [3.63, 3.8) is 0 Å². The molecule has 0 aromatic heterocycles. The van der Waals surface area contributed by atoms with Gasteiger partial charge in [0, 0.05) is 23.8 Å². The standard InChI is InChI=1S/C11H7F5O2.C8H3F5O/c1-18-10(17)5-9(11(14,15)16)6-2-7(12)4-8(13)3-6;9-5-1-4(2-6(10)3-5)7(14)8(11,12)13/h2-5H,1H3;1-3H. The maximum atomic E-state index is 12.8. The summed E-state index contributed by atoms with van der Waals surface area (Å²) in [6.07, 6.45) is -9.93. The van der Waals surface area contributed by atoms with Gasteiger partial charge >= 0.3 is 18.3 Å². The Balaban J connectivity index is 0.000000330. The second kappa shape index (κ2) is 10.3. The molecule has 0 saturated carbocycles. The maximum Gasteiger partial charge on any atom is 0.454 e. The summed E-state index contributed by atoms with van der Waals surface area (Å²) in [5.74, 6) is -8.34. The molecule has 0 heterocycles. The van der Waals surface area contributed by atoms with E-state index in [4.69, 9.17) is 0 Å². The number of ketones is 1. The highest BCUT2D eigenvalue weighted by Crippen LogP contribution is 2.34. The third-order valence-corrected chi connectivity index (χ3v) is 3.32. The van der Waals surface area contributed by atoms with Crippen LogP contribution in [0.15, 0.2) is 42.5 Å². The van der Waals surface area contributed by atoms with Crippen LogP contribution in [0.4, 0.5) is 43.9 Å². The predicted octanol–water partition coefficient (Wildman–Crippen LogP) is 5.79. The van der Waals surface area contributed by atoms with E-state index >= 15 is 0 Å². The first kappa shape index (κ1) is 26.7. The molecular weight excluding hydrogens is 466 g/mol. The topological polar surface area (TPSA) is 43.4 Å². The third kappa shape index (κ3) is 8.04. The minimum Gasteiger partial charge on any atom is -0.466 e. The molecule has 2 rings (SSSR count). The number of allylic oxidation sites excluding steroid dienone is 1. The largest absolute Gasteiger partial charge is 0.466 e. The molecule has 2 aromatic carbocycles. The smallest absolute Gasteiger partial charge is 0.454 e. The van der Waals surface area contributed by atoms with E-state index in [-0.39, 0.29) is 6.08 Å². The van der Waals surface area contributed by atoms with Crippen LogP contribution >= 0.6 is 0 Å². The van der Waals surface area contributed by atoms with E-state index in [1.165, 1.54) is 0 Å². The molecule has 0 radical (unpaired) electrons. The Bertz CT molecular complexity index is 982. The summed E-state index contributed by atoms with van der Waals surface area (Å²) in [5.41, 5.74) is -3.31. The van der Waals surface area contributed by atoms with Crippen molar-refractivity contribution < 1.29 is 58.2 Å². The molecular formula is C19H10F10O3. The van der Waals surface area contributed by atoms with E-state index in [1.54, 1.807) is 0 Å². The average Bonchev–Trinajstić information content (AvgIpc) is 2.62. The molecule has 174 valence electrons. The fourth-order valence-electron chi connectivity index (χ4n) is 2.06. The summed E-state index contributed by atoms with van der Waals surface area (Å²) in [4.78, 5) is 21.3. The quantitative estimate of drug-likeness (QED) is 0.244. The molecule has 0 aliphatic carbocycles. The van der Waals surface area contributed by atoms with Gasteiger partial charge in [0.2, 0.25) is 0 Å². The number of methoxy groups -OCH3 is 1. The molecule has 32 heavy (non-hydrogen) atoms. The average molecular weight is 476 g/mol. The van der Waals surface area contributed by atoms with Crippen LogP contribution in [0.5, 0.6) is 0 Å². The first-order valence-corrected chi connectivity index (χ1v) is 7.95. The molecule has 13 heteroatoms. The minimum absolute atomic E-state index is 0.133. The number of alkyl halides is 6. The first-order chi connectivity index (χ1) is 14.5. The van der Waals surface area contributed by atoms with Gasteiger partial charge in [0.05, 0.1) is 12.7 Å². The number of carbonyl (C=O) groups excluding carboxylic acids is 2. The van der Waals surface area contributed by atoms with E-state index < -0.39 is 64.1 Å². The van der Waals surface area contributed by atoms with Gasteiger partial charge in [0.1, 0.15) is 23.3 Å². The van der Waals surface area contributed by atoms with Crippen LogP contribution in [0.3, 0.4) is 0 Å². The highest BCUT2D eigenvalue weighted by Gasteiger charge is 2.39. The van der Waals surface area contributed by atoms with Crippen molar-refractivity contribution in [3.8, 4) is 0 Å². The van der Waals surface area contributed by atoms with E-state index in [0.29, 0.717) is 36.4 Å². The number of halogens is 10. The third-order valence-electron chi connectivity index (χ3n) is 3.32. The summed E-state index contributed by atoms with van der Waals surface area (Å²) in [7, 11) is 0.888. The number of rotatable bonds is 3. The van der Waals surface area contributed by atoms with Crippen molar-refractivity contribution in [1.29, 1.82) is 0 Å². The number of carbonyl (C=O) groups is 2. The maximum absolute atomic E-state index is 12.8. The van der Waals surface area contributed by atoms with Crippen LogP contribution in [0.1, 0.15) is 15.9 Å². The van der Waals surface area contributed by atoms with Crippen molar-refractivity contribution in [2.45, 2.75) is 12.4 Å². The molecule has 0 atom stereocenters. The number of Topliss-reactive ketones (excluding diaryl/α,β-unsaturated/α-hetero) is 1. The lowest BCUT2D eigenvalue weighted by molar-refractivity contribution is -0.135. The zero-order valence-electron chi connectivity index (χ0n) is 15.5. The Labute approximate surface area is 172 Å². The predicted molar refractivity (Wildman–Crippen MR) is 89.1 cm³/mol. The molecule has 3 nitrogen and oxygen atoms in total. The van der Waals surface area contributed by atoms with Gasteiger partial charge in [-0.3, -0.25) is 4.79 Å². The molecule has 0 bridgehead atoms. The van der Waals surface area contributed by atoms with Gasteiger partial charge in [0.25, 0.3) is 5.78 Å². The minimum atomic E-state index is -5.12. The lowest BCUT2D eigenvalue weighted by Crippen LogP contribution is -2.22. The van der Waals surface area contributed by atoms with Crippen LogP contribution < -0.4 is 0 Å². The summed E-state index contributed by atoms with van der Waals surface area (Å²) in [5, 5.41) is 0. The first-order valence-electron chi connectivity index (χ1n) is 7.95. The number of hydrogen-bond donors (Lipinski definition) is 0. The molecule has 0 unspecified atom stereocenters. The summed E-state index contributed by atoms with van der Waals surface area (Å²) < 4.78 is 128. The Hall–Kier alpha value is -3.38. The Morgan fingerprint density at radius 2 is 1.06 bits per heavy atom. The van der Waals surface area contributed by atoms with Crippen LogP contribution in [-0.2, 0) is 9.53 Å². The Kier molecular flexibility index (Phi) is 8.57. The summed E-state index contributed by atoms with van der Waals surface area (Å²) in [6.45, 7) is 0. The van der Waals surface area contributed by atoms with Gasteiger partial charge in [0.15, 0.2) is 0 Å². The summed E-state index contributed by atoms with van der Waals surface area (Å²) in [6, 6.07) is 2.43. The van der Waals surface area contributed by atoms with Gasteiger partial charge in [-0.25, -0.2) is 22.4 Å². The SMILES string of the molecule is COC(=O)C=C(c1cc(F)cc(F)c1)C(F)(F)F.O=C(c1cc(F)cc(F)c1)C(F)(F)F. The number of hydrogen-bond acceptors (Lipinski definition) is 3. The van der Waals surface area contributed by atoms with E-state index in [1.807, 2.05) is 0 Å². The lowest BCUT2D eigenvalue weighted by atomic mass is 10.0. The second-order valence-corrected chi connectivity index (χ2v) is 5.72. The number of benzene rings is 2.